The average molecular weight is 307 g/mol. The smallest absolute Gasteiger partial charge is 0.261 e. The number of benzene rings is 1. The van der Waals surface area contributed by atoms with Crippen molar-refractivity contribution in [1.82, 2.24) is 9.97 Å². The molecular weight excluding hydrogens is 286 g/mol. The summed E-state index contributed by atoms with van der Waals surface area (Å²) in [6.45, 7) is 6.83. The highest BCUT2D eigenvalue weighted by atomic mass is 16.2. The van der Waals surface area contributed by atoms with Gasteiger partial charge in [-0.05, 0) is 18.1 Å². The van der Waals surface area contributed by atoms with E-state index in [0.717, 1.165) is 23.5 Å². The number of hydrogen-bond donors (Lipinski definition) is 0. The SMILES string of the molecule is CC(C)(C)c1ncc(C(=O)N2CCC=Cc3ccccc32)cn1. The van der Waals surface area contributed by atoms with E-state index < -0.39 is 0 Å². The van der Waals surface area contributed by atoms with Gasteiger partial charge in [-0.15, -0.1) is 0 Å². The van der Waals surface area contributed by atoms with Gasteiger partial charge in [0, 0.05) is 24.4 Å². The number of anilines is 1. The second kappa shape index (κ2) is 5.95. The molecule has 0 bridgehead atoms. The quantitative estimate of drug-likeness (QED) is 0.804. The number of rotatable bonds is 1. The van der Waals surface area contributed by atoms with E-state index in [1.165, 1.54) is 0 Å². The Morgan fingerprint density at radius 3 is 2.52 bits per heavy atom. The maximum atomic E-state index is 12.9. The highest BCUT2D eigenvalue weighted by Crippen LogP contribution is 2.26. The normalized spacial score (nSPS) is 14.3. The van der Waals surface area contributed by atoms with E-state index in [1.54, 1.807) is 12.4 Å². The fraction of sp³-hybridized carbons (Fsp3) is 0.316. The molecule has 1 amide bonds. The van der Waals surface area contributed by atoms with Crippen LogP contribution in [-0.4, -0.2) is 22.4 Å². The zero-order valence-electron chi connectivity index (χ0n) is 13.8. The summed E-state index contributed by atoms with van der Waals surface area (Å²) in [5.41, 5.74) is 2.40. The van der Waals surface area contributed by atoms with Gasteiger partial charge < -0.3 is 4.90 Å². The topological polar surface area (TPSA) is 46.1 Å². The fourth-order valence-electron chi connectivity index (χ4n) is 2.60. The Hall–Kier alpha value is -2.49. The third-order valence-corrected chi connectivity index (χ3v) is 3.86. The molecule has 0 N–H and O–H groups in total. The lowest BCUT2D eigenvalue weighted by Gasteiger charge is -2.23. The van der Waals surface area contributed by atoms with Crippen LogP contribution in [0.1, 0.15) is 48.9 Å². The molecule has 2 aromatic rings. The van der Waals surface area contributed by atoms with Crippen LogP contribution in [0.5, 0.6) is 0 Å². The lowest BCUT2D eigenvalue weighted by atomic mass is 9.96. The first-order valence-electron chi connectivity index (χ1n) is 7.87. The second-order valence-electron chi connectivity index (χ2n) is 6.75. The number of carbonyl (C=O) groups is 1. The van der Waals surface area contributed by atoms with Crippen molar-refractivity contribution in [3.63, 3.8) is 0 Å². The minimum atomic E-state index is -0.124. The van der Waals surface area contributed by atoms with Crippen molar-refractivity contribution in [3.05, 3.63) is 59.7 Å². The van der Waals surface area contributed by atoms with Gasteiger partial charge in [0.05, 0.1) is 11.3 Å². The van der Waals surface area contributed by atoms with Crippen LogP contribution in [0, 0.1) is 0 Å². The molecule has 1 aliphatic rings. The Bertz CT molecular complexity index is 742. The Labute approximate surface area is 136 Å². The maximum Gasteiger partial charge on any atom is 0.261 e. The average Bonchev–Trinajstić information content (AvgIpc) is 2.76. The molecule has 0 atom stereocenters. The summed E-state index contributed by atoms with van der Waals surface area (Å²) in [5, 5.41) is 0. The van der Waals surface area contributed by atoms with Gasteiger partial charge in [0.1, 0.15) is 5.82 Å². The predicted molar refractivity (Wildman–Crippen MR) is 92.5 cm³/mol. The Balaban J connectivity index is 1.92. The number of para-hydroxylation sites is 1. The molecular formula is C19H21N3O. The first kappa shape index (κ1) is 15.4. The standard InChI is InChI=1S/C19H21N3O/c1-19(2,3)18-20-12-15(13-21-18)17(23)22-11-7-6-9-14-8-4-5-10-16(14)22/h4-6,8-10,12-13H,7,11H2,1-3H3. The molecule has 0 spiro atoms. The number of fused-ring (bicyclic) bond motifs is 1. The molecule has 4 heteroatoms. The van der Waals surface area contributed by atoms with E-state index in [0.29, 0.717) is 12.1 Å². The number of amides is 1. The zero-order valence-corrected chi connectivity index (χ0v) is 13.8. The van der Waals surface area contributed by atoms with Crippen LogP contribution < -0.4 is 4.90 Å². The van der Waals surface area contributed by atoms with Gasteiger partial charge in [0.15, 0.2) is 0 Å². The minimum absolute atomic E-state index is 0.0541. The van der Waals surface area contributed by atoms with Crippen molar-refractivity contribution in [2.45, 2.75) is 32.6 Å². The fourth-order valence-corrected chi connectivity index (χ4v) is 2.60. The molecule has 0 saturated heterocycles. The summed E-state index contributed by atoms with van der Waals surface area (Å²) >= 11 is 0. The molecule has 23 heavy (non-hydrogen) atoms. The van der Waals surface area contributed by atoms with Crippen LogP contribution >= 0.6 is 0 Å². The van der Waals surface area contributed by atoms with Crippen molar-refractivity contribution in [2.75, 3.05) is 11.4 Å². The third-order valence-electron chi connectivity index (χ3n) is 3.86. The van der Waals surface area contributed by atoms with Crippen molar-refractivity contribution in [1.29, 1.82) is 0 Å². The van der Waals surface area contributed by atoms with E-state index in [2.05, 4.69) is 42.9 Å². The lowest BCUT2D eigenvalue weighted by Crippen LogP contribution is -2.32. The highest BCUT2D eigenvalue weighted by molar-refractivity contribution is 6.06. The summed E-state index contributed by atoms with van der Waals surface area (Å²) in [6, 6.07) is 7.94. The summed E-state index contributed by atoms with van der Waals surface area (Å²) in [6.07, 6.45) is 8.28. The summed E-state index contributed by atoms with van der Waals surface area (Å²) in [4.78, 5) is 23.4. The van der Waals surface area contributed by atoms with Gasteiger partial charge in [-0.25, -0.2) is 9.97 Å². The monoisotopic (exact) mass is 307 g/mol. The molecule has 118 valence electrons. The van der Waals surface area contributed by atoms with Crippen LogP contribution in [0.3, 0.4) is 0 Å². The van der Waals surface area contributed by atoms with E-state index in [1.807, 2.05) is 29.2 Å². The maximum absolute atomic E-state index is 12.9. The van der Waals surface area contributed by atoms with E-state index in [9.17, 15) is 4.79 Å². The van der Waals surface area contributed by atoms with Gasteiger partial charge in [0.25, 0.3) is 5.91 Å². The number of aromatic nitrogens is 2. The van der Waals surface area contributed by atoms with Gasteiger partial charge in [-0.3, -0.25) is 4.79 Å². The molecule has 0 aliphatic carbocycles. The molecule has 1 aromatic heterocycles. The van der Waals surface area contributed by atoms with Crippen LogP contribution in [0.25, 0.3) is 6.08 Å². The highest BCUT2D eigenvalue weighted by Gasteiger charge is 2.22. The molecule has 1 aliphatic heterocycles. The lowest BCUT2D eigenvalue weighted by molar-refractivity contribution is 0.0986. The molecule has 2 heterocycles. The summed E-state index contributed by atoms with van der Waals surface area (Å²) < 4.78 is 0. The van der Waals surface area contributed by atoms with Crippen molar-refractivity contribution in [2.24, 2.45) is 0 Å². The summed E-state index contributed by atoms with van der Waals surface area (Å²) in [7, 11) is 0. The first-order chi connectivity index (χ1) is 11.0. The molecule has 4 nitrogen and oxygen atoms in total. The first-order valence-corrected chi connectivity index (χ1v) is 7.87. The number of carbonyl (C=O) groups excluding carboxylic acids is 1. The predicted octanol–water partition coefficient (Wildman–Crippen LogP) is 3.84. The summed E-state index contributed by atoms with van der Waals surface area (Å²) in [5.74, 6) is 0.689. The van der Waals surface area contributed by atoms with Crippen LogP contribution in [0.4, 0.5) is 5.69 Å². The van der Waals surface area contributed by atoms with Gasteiger partial charge >= 0.3 is 0 Å². The molecule has 1 aromatic carbocycles. The Morgan fingerprint density at radius 1 is 1.13 bits per heavy atom. The van der Waals surface area contributed by atoms with Crippen molar-refractivity contribution in [3.8, 4) is 0 Å². The Morgan fingerprint density at radius 2 is 1.83 bits per heavy atom. The largest absolute Gasteiger partial charge is 0.307 e. The van der Waals surface area contributed by atoms with Crippen LogP contribution in [-0.2, 0) is 5.41 Å². The van der Waals surface area contributed by atoms with E-state index >= 15 is 0 Å². The van der Waals surface area contributed by atoms with Gasteiger partial charge in [-0.1, -0.05) is 51.1 Å². The number of nitrogens with zero attached hydrogens (tertiary/aromatic N) is 3. The third kappa shape index (κ3) is 3.16. The van der Waals surface area contributed by atoms with Crippen LogP contribution in [0.2, 0.25) is 0 Å². The van der Waals surface area contributed by atoms with Crippen LogP contribution in [0.15, 0.2) is 42.7 Å². The second-order valence-corrected chi connectivity index (χ2v) is 6.75. The Kier molecular flexibility index (Phi) is 3.99. The van der Waals surface area contributed by atoms with E-state index in [-0.39, 0.29) is 11.3 Å². The molecule has 0 saturated carbocycles. The van der Waals surface area contributed by atoms with Crippen molar-refractivity contribution < 1.29 is 4.79 Å². The van der Waals surface area contributed by atoms with Gasteiger partial charge in [0.2, 0.25) is 0 Å². The van der Waals surface area contributed by atoms with E-state index in [4.69, 9.17) is 0 Å². The molecule has 0 radical (unpaired) electrons. The number of hydrogen-bond acceptors (Lipinski definition) is 3. The molecule has 3 rings (SSSR count). The molecule has 0 unspecified atom stereocenters. The van der Waals surface area contributed by atoms with Gasteiger partial charge in [-0.2, -0.15) is 0 Å². The minimum Gasteiger partial charge on any atom is -0.307 e. The zero-order chi connectivity index (χ0) is 16.4. The van der Waals surface area contributed by atoms with Crippen molar-refractivity contribution >= 4 is 17.7 Å². The molecule has 0 fully saturated rings.